The van der Waals surface area contributed by atoms with Crippen LogP contribution in [0, 0.1) is 5.82 Å². The molecule has 33 heavy (non-hydrogen) atoms. The van der Waals surface area contributed by atoms with Gasteiger partial charge in [-0.05, 0) is 23.3 Å². The fourth-order valence-electron chi connectivity index (χ4n) is 2.90. The first-order chi connectivity index (χ1) is 15.4. The van der Waals surface area contributed by atoms with Crippen LogP contribution in [0.15, 0.2) is 76.0 Å². The molecule has 0 aromatic carbocycles. The third kappa shape index (κ3) is 7.18. The predicted octanol–water partition coefficient (Wildman–Crippen LogP) is 2.07. The SMILES string of the molecule is CN(C)S(=O)(=O)/C=C1\C=CC=C(Nc2nc(NC3=CC=C/C(=C\S(N)(=O)=O)C3)ncc2F)C1. The molecule has 0 radical (unpaired) electrons. The highest BCUT2D eigenvalue weighted by Crippen LogP contribution is 2.24. The second kappa shape index (κ2) is 9.79. The summed E-state index contributed by atoms with van der Waals surface area (Å²) in [6, 6.07) is 0. The maximum Gasteiger partial charge on any atom is 0.235 e. The van der Waals surface area contributed by atoms with Crippen molar-refractivity contribution in [3.8, 4) is 0 Å². The number of hydrogen-bond donors (Lipinski definition) is 3. The number of allylic oxidation sites excluding steroid dienone is 8. The van der Waals surface area contributed by atoms with Crippen LogP contribution in [0.3, 0.4) is 0 Å². The summed E-state index contributed by atoms with van der Waals surface area (Å²) < 4.78 is 62.1. The second-order valence-electron chi connectivity index (χ2n) is 7.40. The number of halogens is 1. The molecular weight excluding hydrogens is 471 g/mol. The molecule has 0 bridgehead atoms. The number of sulfonamides is 2. The molecule has 0 fully saturated rings. The molecule has 0 saturated heterocycles. The van der Waals surface area contributed by atoms with E-state index in [-0.39, 0.29) is 24.6 Å². The number of aromatic nitrogens is 2. The Morgan fingerprint density at radius 1 is 1.00 bits per heavy atom. The Hall–Kier alpha value is -3.13. The fourth-order valence-corrected chi connectivity index (χ4v) is 4.24. The first-order valence-electron chi connectivity index (χ1n) is 9.59. The zero-order chi connectivity index (χ0) is 24.2. The number of nitrogens with two attached hydrogens (primary N) is 1. The topological polar surface area (TPSA) is 147 Å². The van der Waals surface area contributed by atoms with Gasteiger partial charge in [0.15, 0.2) is 11.6 Å². The molecule has 0 unspecified atom stereocenters. The molecule has 1 aromatic rings. The van der Waals surface area contributed by atoms with Crippen LogP contribution in [0.4, 0.5) is 16.2 Å². The zero-order valence-electron chi connectivity index (χ0n) is 17.9. The van der Waals surface area contributed by atoms with Gasteiger partial charge in [-0.15, -0.1) is 0 Å². The highest BCUT2D eigenvalue weighted by Gasteiger charge is 2.16. The minimum atomic E-state index is -3.79. The van der Waals surface area contributed by atoms with Crippen molar-refractivity contribution in [2.45, 2.75) is 12.8 Å². The van der Waals surface area contributed by atoms with E-state index in [9.17, 15) is 21.2 Å². The monoisotopic (exact) mass is 494 g/mol. The lowest BCUT2D eigenvalue weighted by molar-refractivity contribution is 0.530. The first-order valence-corrected chi connectivity index (χ1v) is 12.7. The Labute approximate surface area is 191 Å². The Morgan fingerprint density at radius 2 is 1.58 bits per heavy atom. The van der Waals surface area contributed by atoms with Gasteiger partial charge in [0.1, 0.15) is 0 Å². The zero-order valence-corrected chi connectivity index (χ0v) is 19.5. The molecule has 3 rings (SSSR count). The summed E-state index contributed by atoms with van der Waals surface area (Å²) >= 11 is 0. The van der Waals surface area contributed by atoms with Crippen LogP contribution >= 0.6 is 0 Å². The fraction of sp³-hybridized carbons (Fsp3) is 0.200. The first kappa shape index (κ1) is 24.5. The lowest BCUT2D eigenvalue weighted by atomic mass is 10.1. The third-order valence-electron chi connectivity index (χ3n) is 4.42. The van der Waals surface area contributed by atoms with Gasteiger partial charge in [-0.25, -0.2) is 35.7 Å². The molecule has 1 aromatic heterocycles. The predicted molar refractivity (Wildman–Crippen MR) is 125 cm³/mol. The Bertz CT molecular complexity index is 1340. The molecule has 1 heterocycles. The standard InChI is InChI=1S/C20H23FN6O4S2/c1-27(2)33(30,31)13-15-6-4-7-16(10-15)24-19-18(21)11-23-20(26-19)25-17-8-3-5-14(9-17)12-32(22,28)29/h3-8,11-13H,9-10H2,1-2H3,(H2,22,28,29)(H2,23,24,25,26)/b14-12+,15-13+. The molecule has 0 saturated carbocycles. The smallest absolute Gasteiger partial charge is 0.235 e. The van der Waals surface area contributed by atoms with Crippen LogP contribution in [-0.4, -0.2) is 45.2 Å². The third-order valence-corrected chi connectivity index (χ3v) is 6.67. The summed E-state index contributed by atoms with van der Waals surface area (Å²) in [6.45, 7) is 0. The van der Waals surface area contributed by atoms with Gasteiger partial charge in [0.2, 0.25) is 26.0 Å². The van der Waals surface area contributed by atoms with Gasteiger partial charge in [0.25, 0.3) is 0 Å². The molecule has 0 atom stereocenters. The van der Waals surface area contributed by atoms with Crippen LogP contribution in [0.5, 0.6) is 0 Å². The Balaban J connectivity index is 1.74. The number of anilines is 2. The summed E-state index contributed by atoms with van der Waals surface area (Å²) in [4.78, 5) is 8.06. The van der Waals surface area contributed by atoms with Crippen molar-refractivity contribution in [2.75, 3.05) is 24.7 Å². The lowest BCUT2D eigenvalue weighted by Gasteiger charge is -2.17. The summed E-state index contributed by atoms with van der Waals surface area (Å²) in [5.74, 6) is -0.709. The van der Waals surface area contributed by atoms with Crippen molar-refractivity contribution in [3.05, 3.63) is 81.8 Å². The maximum absolute atomic E-state index is 14.3. The van der Waals surface area contributed by atoms with E-state index in [1.807, 2.05) is 0 Å². The average molecular weight is 495 g/mol. The summed E-state index contributed by atoms with van der Waals surface area (Å²) in [5.41, 5.74) is 2.12. The average Bonchev–Trinajstić information content (AvgIpc) is 2.69. The summed E-state index contributed by atoms with van der Waals surface area (Å²) in [5, 5.41) is 12.9. The van der Waals surface area contributed by atoms with Crippen molar-refractivity contribution >= 4 is 31.8 Å². The van der Waals surface area contributed by atoms with E-state index in [1.54, 1.807) is 36.5 Å². The van der Waals surface area contributed by atoms with Gasteiger partial charge in [-0.3, -0.25) is 0 Å². The molecule has 4 N–H and O–H groups in total. The van der Waals surface area contributed by atoms with E-state index in [4.69, 9.17) is 5.14 Å². The molecule has 0 amide bonds. The second-order valence-corrected chi connectivity index (χ2v) is 10.8. The van der Waals surface area contributed by atoms with E-state index in [0.29, 0.717) is 22.5 Å². The number of rotatable bonds is 7. The van der Waals surface area contributed by atoms with Crippen LogP contribution in [0.25, 0.3) is 0 Å². The molecule has 2 aliphatic rings. The summed E-state index contributed by atoms with van der Waals surface area (Å²) in [6.07, 6.45) is 11.4. The number of nitrogens with one attached hydrogen (secondary N) is 2. The molecule has 0 aliphatic heterocycles. The number of hydrogen-bond acceptors (Lipinski definition) is 8. The van der Waals surface area contributed by atoms with E-state index in [1.165, 1.54) is 14.1 Å². The van der Waals surface area contributed by atoms with Crippen molar-refractivity contribution in [1.29, 1.82) is 0 Å². The quantitative estimate of drug-likeness (QED) is 0.522. The lowest BCUT2D eigenvalue weighted by Crippen LogP contribution is -2.20. The molecule has 0 spiro atoms. The largest absolute Gasteiger partial charge is 0.341 e. The number of primary sulfonamides is 1. The van der Waals surface area contributed by atoms with E-state index < -0.39 is 25.9 Å². The van der Waals surface area contributed by atoms with E-state index in [0.717, 1.165) is 21.3 Å². The van der Waals surface area contributed by atoms with Gasteiger partial charge < -0.3 is 10.6 Å². The minimum absolute atomic E-state index is 0.0910. The van der Waals surface area contributed by atoms with Gasteiger partial charge >= 0.3 is 0 Å². The van der Waals surface area contributed by atoms with Crippen molar-refractivity contribution in [3.63, 3.8) is 0 Å². The molecular formula is C20H23FN6O4S2. The molecule has 13 heteroatoms. The van der Waals surface area contributed by atoms with Crippen molar-refractivity contribution < 1.29 is 21.2 Å². The Kier molecular flexibility index (Phi) is 7.27. The summed E-state index contributed by atoms with van der Waals surface area (Å²) in [7, 11) is -4.46. The van der Waals surface area contributed by atoms with Crippen molar-refractivity contribution in [1.82, 2.24) is 14.3 Å². The van der Waals surface area contributed by atoms with Crippen LogP contribution in [0.1, 0.15) is 12.8 Å². The molecule has 2 aliphatic carbocycles. The van der Waals surface area contributed by atoms with Crippen LogP contribution in [0.2, 0.25) is 0 Å². The van der Waals surface area contributed by atoms with Crippen LogP contribution in [-0.2, 0) is 20.0 Å². The van der Waals surface area contributed by atoms with Crippen LogP contribution < -0.4 is 15.8 Å². The van der Waals surface area contributed by atoms with E-state index >= 15 is 0 Å². The Morgan fingerprint density at radius 3 is 2.15 bits per heavy atom. The highest BCUT2D eigenvalue weighted by molar-refractivity contribution is 7.92. The maximum atomic E-state index is 14.3. The van der Waals surface area contributed by atoms with E-state index in [2.05, 4.69) is 20.6 Å². The minimum Gasteiger partial charge on any atom is -0.341 e. The normalized spacial score (nSPS) is 19.1. The van der Waals surface area contributed by atoms with Gasteiger partial charge in [-0.2, -0.15) is 4.98 Å². The van der Waals surface area contributed by atoms with Gasteiger partial charge in [-0.1, -0.05) is 24.3 Å². The highest BCUT2D eigenvalue weighted by atomic mass is 32.2. The molecule has 10 nitrogen and oxygen atoms in total. The molecule has 176 valence electrons. The van der Waals surface area contributed by atoms with Crippen molar-refractivity contribution in [2.24, 2.45) is 5.14 Å². The van der Waals surface area contributed by atoms with Gasteiger partial charge in [0, 0.05) is 49.1 Å². The number of nitrogens with zero attached hydrogens (tertiary/aromatic N) is 3. The van der Waals surface area contributed by atoms with Gasteiger partial charge in [0.05, 0.1) is 6.20 Å².